The van der Waals surface area contributed by atoms with Gasteiger partial charge in [-0.2, -0.15) is 5.10 Å². The van der Waals surface area contributed by atoms with Crippen molar-refractivity contribution in [3.05, 3.63) is 11.8 Å². The predicted octanol–water partition coefficient (Wildman–Crippen LogP) is 3.20. The highest BCUT2D eigenvalue weighted by molar-refractivity contribution is 5.69. The first-order chi connectivity index (χ1) is 13.9. The number of ether oxygens (including phenoxy) is 1. The van der Waals surface area contributed by atoms with E-state index in [9.17, 15) is 13.6 Å². The van der Waals surface area contributed by atoms with E-state index in [-0.39, 0.29) is 24.1 Å². The Morgan fingerprint density at radius 3 is 2.60 bits per heavy atom. The average molecular weight is 426 g/mol. The van der Waals surface area contributed by atoms with Crippen LogP contribution in [0.25, 0.3) is 0 Å². The van der Waals surface area contributed by atoms with Crippen LogP contribution < -0.4 is 10.2 Å². The zero-order valence-electron chi connectivity index (χ0n) is 18.5. The molecule has 4 rings (SSSR count). The topological polar surface area (TPSA) is 62.6 Å². The number of anilines is 1. The summed E-state index contributed by atoms with van der Waals surface area (Å²) in [7, 11) is 0. The van der Waals surface area contributed by atoms with E-state index < -0.39 is 17.6 Å². The molecule has 1 atom stereocenters. The van der Waals surface area contributed by atoms with Crippen molar-refractivity contribution in [2.45, 2.75) is 71.1 Å². The third-order valence-corrected chi connectivity index (χ3v) is 6.66. The molecule has 2 aliphatic heterocycles. The highest BCUT2D eigenvalue weighted by atomic mass is 19.3. The van der Waals surface area contributed by atoms with E-state index in [0.717, 1.165) is 18.5 Å². The van der Waals surface area contributed by atoms with Gasteiger partial charge in [0, 0.05) is 49.9 Å². The van der Waals surface area contributed by atoms with E-state index in [1.54, 1.807) is 16.7 Å². The zero-order valence-corrected chi connectivity index (χ0v) is 18.5. The third-order valence-electron chi connectivity index (χ3n) is 6.66. The lowest BCUT2D eigenvalue weighted by atomic mass is 9.61. The quantitative estimate of drug-likeness (QED) is 0.806. The number of carbonyl (C=O) groups is 1. The second-order valence-corrected chi connectivity index (χ2v) is 10.5. The van der Waals surface area contributed by atoms with Gasteiger partial charge < -0.3 is 19.9 Å². The molecule has 0 unspecified atom stereocenters. The number of nitrogens with one attached hydrogen (secondary N) is 1. The fourth-order valence-corrected chi connectivity index (χ4v) is 5.02. The maximum absolute atomic E-state index is 13.8. The van der Waals surface area contributed by atoms with Gasteiger partial charge in [-0.3, -0.25) is 4.68 Å². The van der Waals surface area contributed by atoms with Crippen LogP contribution in [-0.4, -0.2) is 71.1 Å². The van der Waals surface area contributed by atoms with Crippen molar-refractivity contribution in [1.29, 1.82) is 0 Å². The molecule has 0 bridgehead atoms. The van der Waals surface area contributed by atoms with Crippen molar-refractivity contribution in [2.24, 2.45) is 5.41 Å². The number of carbonyl (C=O) groups excluding carboxylic acids is 1. The number of piperazine rings is 1. The largest absolute Gasteiger partial charge is 0.444 e. The third kappa shape index (κ3) is 3.65. The van der Waals surface area contributed by atoms with Crippen molar-refractivity contribution in [2.75, 3.05) is 37.6 Å². The van der Waals surface area contributed by atoms with Crippen molar-refractivity contribution in [1.82, 2.24) is 20.0 Å². The number of hydrogen-bond acceptors (Lipinski definition) is 5. The number of likely N-dealkylation sites (tertiary alicyclic amines) is 1. The lowest BCUT2D eigenvalue weighted by molar-refractivity contribution is -0.0931. The van der Waals surface area contributed by atoms with Gasteiger partial charge in [0.05, 0.1) is 6.04 Å². The van der Waals surface area contributed by atoms with Gasteiger partial charge in [-0.05, 0) is 47.5 Å². The van der Waals surface area contributed by atoms with E-state index >= 15 is 0 Å². The molecule has 3 aliphatic rings. The number of alkyl halides is 2. The molecule has 1 spiro atoms. The van der Waals surface area contributed by atoms with Crippen LogP contribution in [0.3, 0.4) is 0 Å². The molecule has 0 aromatic carbocycles. The van der Waals surface area contributed by atoms with Crippen molar-refractivity contribution >= 4 is 11.9 Å². The Morgan fingerprint density at radius 2 is 2.00 bits per heavy atom. The molecule has 168 valence electrons. The highest BCUT2D eigenvalue weighted by Crippen LogP contribution is 2.54. The summed E-state index contributed by atoms with van der Waals surface area (Å²) in [5.41, 5.74) is -0.608. The summed E-state index contributed by atoms with van der Waals surface area (Å²) < 4.78 is 35.0. The number of rotatable bonds is 3. The van der Waals surface area contributed by atoms with Crippen molar-refractivity contribution in [3.63, 3.8) is 0 Å². The van der Waals surface area contributed by atoms with Gasteiger partial charge in [0.2, 0.25) is 0 Å². The minimum Gasteiger partial charge on any atom is -0.444 e. The first kappa shape index (κ1) is 21.3. The minimum absolute atomic E-state index is 0.145. The van der Waals surface area contributed by atoms with Gasteiger partial charge >= 0.3 is 6.09 Å². The lowest BCUT2D eigenvalue weighted by Gasteiger charge is -2.58. The number of aromatic nitrogens is 2. The Morgan fingerprint density at radius 1 is 1.33 bits per heavy atom. The molecular weight excluding hydrogens is 392 g/mol. The second-order valence-electron chi connectivity index (χ2n) is 10.5. The van der Waals surface area contributed by atoms with Gasteiger partial charge in [0.15, 0.2) is 5.82 Å². The van der Waals surface area contributed by atoms with Crippen LogP contribution >= 0.6 is 0 Å². The van der Waals surface area contributed by atoms with Crippen LogP contribution in [0.5, 0.6) is 0 Å². The van der Waals surface area contributed by atoms with E-state index in [2.05, 4.69) is 5.32 Å². The van der Waals surface area contributed by atoms with Gasteiger partial charge in [-0.25, -0.2) is 13.6 Å². The molecular formula is C21H33F2N5O2. The molecule has 1 aromatic rings. The maximum Gasteiger partial charge on any atom is 0.410 e. The first-order valence-electron chi connectivity index (χ1n) is 10.7. The van der Waals surface area contributed by atoms with Crippen molar-refractivity contribution in [3.8, 4) is 0 Å². The molecule has 30 heavy (non-hydrogen) atoms. The molecule has 1 N–H and O–H groups in total. The summed E-state index contributed by atoms with van der Waals surface area (Å²) in [5, 5.41) is 7.81. The predicted molar refractivity (Wildman–Crippen MR) is 110 cm³/mol. The van der Waals surface area contributed by atoms with E-state index in [1.165, 1.54) is 0 Å². The standard InChI is InChI=1S/C21H33F2N5O2/c1-14-8-16(27-7-6-24-11-20(27,5)17(22)23)25-28(14)15-9-21(10-15)12-26(13-21)18(29)30-19(2,3)4/h8,15,17,24H,6-7,9-13H2,1-5H3/t20-/m0/s1. The minimum atomic E-state index is -2.46. The molecule has 1 aromatic heterocycles. The Kier molecular flexibility index (Phi) is 5.03. The van der Waals surface area contributed by atoms with Crippen LogP contribution in [0, 0.1) is 12.3 Å². The Hall–Kier alpha value is -1.90. The van der Waals surface area contributed by atoms with Crippen molar-refractivity contribution < 1.29 is 18.3 Å². The van der Waals surface area contributed by atoms with Crippen LogP contribution in [0.2, 0.25) is 0 Å². The number of hydrogen-bond donors (Lipinski definition) is 1. The lowest BCUT2D eigenvalue weighted by Crippen LogP contribution is -2.64. The van der Waals surface area contributed by atoms with Gasteiger partial charge in [-0.15, -0.1) is 0 Å². The monoisotopic (exact) mass is 425 g/mol. The van der Waals surface area contributed by atoms with Gasteiger partial charge in [0.25, 0.3) is 6.43 Å². The number of aryl methyl sites for hydroxylation is 1. The molecule has 3 heterocycles. The normalized spacial score (nSPS) is 26.7. The summed E-state index contributed by atoms with van der Waals surface area (Å²) in [6.07, 6.45) is -0.820. The maximum atomic E-state index is 13.8. The van der Waals surface area contributed by atoms with Crippen LogP contribution in [0.15, 0.2) is 6.07 Å². The summed E-state index contributed by atoms with van der Waals surface area (Å²) >= 11 is 0. The van der Waals surface area contributed by atoms with Crippen LogP contribution in [0.1, 0.15) is 52.3 Å². The fraction of sp³-hybridized carbons (Fsp3) is 0.810. The summed E-state index contributed by atoms with van der Waals surface area (Å²) in [4.78, 5) is 15.7. The number of halogens is 2. The summed E-state index contributed by atoms with van der Waals surface area (Å²) in [5.74, 6) is 0.627. The van der Waals surface area contributed by atoms with Gasteiger partial charge in [0.1, 0.15) is 11.1 Å². The van der Waals surface area contributed by atoms with E-state index in [0.29, 0.717) is 32.0 Å². The smallest absolute Gasteiger partial charge is 0.410 e. The fourth-order valence-electron chi connectivity index (χ4n) is 5.02. The molecule has 1 aliphatic carbocycles. The Balaban J connectivity index is 1.39. The SMILES string of the molecule is Cc1cc(N2CCNC[C@@]2(C)C(F)F)nn1C1CC2(C1)CN(C(=O)OC(C)(C)C)C2. The number of nitrogens with zero attached hydrogens (tertiary/aromatic N) is 4. The summed E-state index contributed by atoms with van der Waals surface area (Å²) in [6.45, 7) is 12.0. The molecule has 7 nitrogen and oxygen atoms in total. The zero-order chi connectivity index (χ0) is 21.9. The average Bonchev–Trinajstić information content (AvgIpc) is 2.92. The molecule has 1 amide bonds. The first-order valence-corrected chi connectivity index (χ1v) is 10.7. The van der Waals surface area contributed by atoms with Crippen LogP contribution in [0.4, 0.5) is 19.4 Å². The summed E-state index contributed by atoms with van der Waals surface area (Å²) in [6, 6.07) is 2.17. The Bertz CT molecular complexity index is 807. The highest BCUT2D eigenvalue weighted by Gasteiger charge is 2.55. The molecule has 2 saturated heterocycles. The van der Waals surface area contributed by atoms with E-state index in [1.807, 2.05) is 38.4 Å². The molecule has 9 heteroatoms. The second kappa shape index (κ2) is 7.07. The molecule has 0 radical (unpaired) electrons. The molecule has 3 fully saturated rings. The van der Waals surface area contributed by atoms with E-state index in [4.69, 9.17) is 9.84 Å². The van der Waals surface area contributed by atoms with Crippen LogP contribution in [-0.2, 0) is 4.74 Å². The Labute approximate surface area is 176 Å². The molecule has 1 saturated carbocycles. The van der Waals surface area contributed by atoms with Gasteiger partial charge in [-0.1, -0.05) is 0 Å². The number of amides is 1.